The molecule has 2 amide bonds. The molecule has 1 aromatic rings. The number of amides is 2. The van der Waals surface area contributed by atoms with Crippen LogP contribution >= 0.6 is 23.7 Å². The lowest BCUT2D eigenvalue weighted by Gasteiger charge is -2.34. The van der Waals surface area contributed by atoms with Gasteiger partial charge >= 0.3 is 0 Å². The fraction of sp³-hybridized carbons (Fsp3) is 0.500. The molecule has 0 radical (unpaired) electrons. The molecule has 0 spiro atoms. The lowest BCUT2D eigenvalue weighted by atomic mass is 10.2. The van der Waals surface area contributed by atoms with Gasteiger partial charge in [-0.25, -0.2) is 0 Å². The first-order valence-corrected chi connectivity index (χ1v) is 6.88. The fourth-order valence-corrected chi connectivity index (χ4v) is 2.60. The maximum atomic E-state index is 12.0. The molecule has 2 rings (SSSR count). The molecule has 2 heterocycles. The van der Waals surface area contributed by atoms with Crippen LogP contribution in [0.15, 0.2) is 17.5 Å². The van der Waals surface area contributed by atoms with E-state index in [0.29, 0.717) is 11.4 Å². The first-order valence-electron chi connectivity index (χ1n) is 6.00. The van der Waals surface area contributed by atoms with Gasteiger partial charge in [-0.15, -0.1) is 23.7 Å². The largest absolute Gasteiger partial charge is 0.342 e. The maximum Gasteiger partial charge on any atom is 0.261 e. The molecule has 7 heteroatoms. The van der Waals surface area contributed by atoms with Crippen LogP contribution in [0.1, 0.15) is 16.6 Å². The number of nitrogens with zero attached hydrogens (tertiary/aromatic N) is 1. The Kier molecular flexibility index (Phi) is 6.27. The van der Waals surface area contributed by atoms with Gasteiger partial charge in [0.2, 0.25) is 5.91 Å². The summed E-state index contributed by atoms with van der Waals surface area (Å²) in [5.41, 5.74) is 0. The third kappa shape index (κ3) is 4.19. The molecule has 0 aromatic carbocycles. The molecule has 1 atom stereocenters. The molecule has 2 N–H and O–H groups in total. The SMILES string of the molecule is CC1CNCCN1C(=O)CNC(=O)c1cccs1.Cl. The van der Waals surface area contributed by atoms with Crippen molar-refractivity contribution in [1.82, 2.24) is 15.5 Å². The van der Waals surface area contributed by atoms with Gasteiger partial charge in [-0.2, -0.15) is 0 Å². The monoisotopic (exact) mass is 303 g/mol. The van der Waals surface area contributed by atoms with E-state index in [2.05, 4.69) is 10.6 Å². The lowest BCUT2D eigenvalue weighted by Crippen LogP contribution is -2.54. The zero-order chi connectivity index (χ0) is 13.0. The minimum atomic E-state index is -0.180. The summed E-state index contributed by atoms with van der Waals surface area (Å²) in [5.74, 6) is -0.199. The third-order valence-corrected chi connectivity index (χ3v) is 3.84. The van der Waals surface area contributed by atoms with Crippen LogP contribution in [-0.4, -0.2) is 48.9 Å². The summed E-state index contributed by atoms with van der Waals surface area (Å²) in [7, 11) is 0. The number of piperazine rings is 1. The molecule has 1 saturated heterocycles. The van der Waals surface area contributed by atoms with Gasteiger partial charge in [0, 0.05) is 25.7 Å². The van der Waals surface area contributed by atoms with E-state index in [1.165, 1.54) is 11.3 Å². The Bertz CT molecular complexity index is 425. The molecule has 1 unspecified atom stereocenters. The summed E-state index contributed by atoms with van der Waals surface area (Å²) >= 11 is 1.37. The Morgan fingerprint density at radius 3 is 3.00 bits per heavy atom. The van der Waals surface area contributed by atoms with Crippen molar-refractivity contribution in [1.29, 1.82) is 0 Å². The van der Waals surface area contributed by atoms with Crippen LogP contribution in [0.25, 0.3) is 0 Å². The van der Waals surface area contributed by atoms with E-state index < -0.39 is 0 Å². The number of nitrogens with one attached hydrogen (secondary N) is 2. The Hall–Kier alpha value is -1.11. The minimum absolute atomic E-state index is 0. The van der Waals surface area contributed by atoms with Crippen LogP contribution in [0.5, 0.6) is 0 Å². The zero-order valence-corrected chi connectivity index (χ0v) is 12.4. The molecule has 0 aliphatic carbocycles. The molecule has 0 bridgehead atoms. The van der Waals surface area contributed by atoms with Gasteiger partial charge in [0.1, 0.15) is 0 Å². The Morgan fingerprint density at radius 1 is 1.58 bits per heavy atom. The summed E-state index contributed by atoms with van der Waals surface area (Å²) in [6.07, 6.45) is 0. The van der Waals surface area contributed by atoms with E-state index in [-0.39, 0.29) is 36.8 Å². The topological polar surface area (TPSA) is 61.4 Å². The highest BCUT2D eigenvalue weighted by molar-refractivity contribution is 7.12. The number of hydrogen-bond acceptors (Lipinski definition) is 4. The first kappa shape index (κ1) is 15.9. The van der Waals surface area contributed by atoms with Gasteiger partial charge in [0.25, 0.3) is 5.91 Å². The first-order chi connectivity index (χ1) is 8.68. The van der Waals surface area contributed by atoms with Crippen molar-refractivity contribution in [2.24, 2.45) is 0 Å². The van der Waals surface area contributed by atoms with E-state index in [4.69, 9.17) is 0 Å². The van der Waals surface area contributed by atoms with Gasteiger partial charge in [-0.3, -0.25) is 9.59 Å². The Morgan fingerprint density at radius 2 is 2.37 bits per heavy atom. The Labute approximate surface area is 122 Å². The van der Waals surface area contributed by atoms with E-state index >= 15 is 0 Å². The molecule has 1 aromatic heterocycles. The third-order valence-electron chi connectivity index (χ3n) is 2.97. The van der Waals surface area contributed by atoms with Crippen molar-refractivity contribution in [2.45, 2.75) is 13.0 Å². The van der Waals surface area contributed by atoms with Crippen molar-refractivity contribution in [3.63, 3.8) is 0 Å². The molecule has 0 saturated carbocycles. The van der Waals surface area contributed by atoms with Crippen LogP contribution < -0.4 is 10.6 Å². The molecule has 1 aliphatic heterocycles. The highest BCUT2D eigenvalue weighted by Gasteiger charge is 2.23. The highest BCUT2D eigenvalue weighted by Crippen LogP contribution is 2.08. The second-order valence-electron chi connectivity index (χ2n) is 4.30. The van der Waals surface area contributed by atoms with Crippen LogP contribution in [-0.2, 0) is 4.79 Å². The second-order valence-corrected chi connectivity index (χ2v) is 5.25. The maximum absolute atomic E-state index is 12.0. The van der Waals surface area contributed by atoms with Crippen molar-refractivity contribution in [2.75, 3.05) is 26.2 Å². The van der Waals surface area contributed by atoms with Gasteiger partial charge in [-0.05, 0) is 18.4 Å². The van der Waals surface area contributed by atoms with E-state index in [9.17, 15) is 9.59 Å². The van der Waals surface area contributed by atoms with Crippen LogP contribution in [0.4, 0.5) is 0 Å². The second kappa shape index (κ2) is 7.47. The van der Waals surface area contributed by atoms with E-state index in [1.54, 1.807) is 6.07 Å². The van der Waals surface area contributed by atoms with Crippen LogP contribution in [0, 0.1) is 0 Å². The fourth-order valence-electron chi connectivity index (χ4n) is 1.96. The molecule has 106 valence electrons. The van der Waals surface area contributed by atoms with Crippen LogP contribution in [0.2, 0.25) is 0 Å². The van der Waals surface area contributed by atoms with Crippen molar-refractivity contribution < 1.29 is 9.59 Å². The zero-order valence-electron chi connectivity index (χ0n) is 10.7. The standard InChI is InChI=1S/C12H17N3O2S.ClH/c1-9-7-13-4-5-15(9)11(16)8-14-12(17)10-3-2-6-18-10;/h2-3,6,9,13H,4-5,7-8H2,1H3,(H,14,17);1H. The van der Waals surface area contributed by atoms with Gasteiger partial charge in [-0.1, -0.05) is 6.07 Å². The van der Waals surface area contributed by atoms with Gasteiger partial charge < -0.3 is 15.5 Å². The molecule has 19 heavy (non-hydrogen) atoms. The van der Waals surface area contributed by atoms with Crippen molar-refractivity contribution in [3.05, 3.63) is 22.4 Å². The van der Waals surface area contributed by atoms with Crippen molar-refractivity contribution >= 4 is 35.6 Å². The number of halogens is 1. The quantitative estimate of drug-likeness (QED) is 0.865. The predicted molar refractivity (Wildman–Crippen MR) is 77.9 cm³/mol. The average Bonchev–Trinajstić information content (AvgIpc) is 2.90. The summed E-state index contributed by atoms with van der Waals surface area (Å²) in [6, 6.07) is 3.75. The Balaban J connectivity index is 0.00000180. The van der Waals surface area contributed by atoms with Gasteiger partial charge in [0.15, 0.2) is 0 Å². The number of carbonyl (C=O) groups is 2. The molecular formula is C12H18ClN3O2S. The predicted octanol–water partition coefficient (Wildman–Crippen LogP) is 0.720. The normalized spacial score (nSPS) is 18.6. The number of rotatable bonds is 3. The molecule has 1 aliphatic rings. The summed E-state index contributed by atoms with van der Waals surface area (Å²) in [6.45, 7) is 4.40. The average molecular weight is 304 g/mol. The summed E-state index contributed by atoms with van der Waals surface area (Å²) in [4.78, 5) is 26.1. The molecular weight excluding hydrogens is 286 g/mol. The summed E-state index contributed by atoms with van der Waals surface area (Å²) < 4.78 is 0. The number of carbonyl (C=O) groups excluding carboxylic acids is 2. The molecule has 1 fully saturated rings. The lowest BCUT2D eigenvalue weighted by molar-refractivity contribution is -0.132. The minimum Gasteiger partial charge on any atom is -0.342 e. The molecule has 5 nitrogen and oxygen atoms in total. The van der Waals surface area contributed by atoms with E-state index in [1.807, 2.05) is 23.3 Å². The summed E-state index contributed by atoms with van der Waals surface area (Å²) in [5, 5.41) is 7.73. The number of hydrogen-bond donors (Lipinski definition) is 2. The smallest absolute Gasteiger partial charge is 0.261 e. The number of thiophene rings is 1. The van der Waals surface area contributed by atoms with Gasteiger partial charge in [0.05, 0.1) is 11.4 Å². The van der Waals surface area contributed by atoms with Crippen molar-refractivity contribution in [3.8, 4) is 0 Å². The van der Waals surface area contributed by atoms with E-state index in [0.717, 1.165) is 13.1 Å². The van der Waals surface area contributed by atoms with Crippen LogP contribution in [0.3, 0.4) is 0 Å². The highest BCUT2D eigenvalue weighted by atomic mass is 35.5.